The van der Waals surface area contributed by atoms with Gasteiger partial charge in [0.2, 0.25) is 0 Å². The number of carbonyl (C=O) groups excluding carboxylic acids is 1. The standard InChI is InChI=1S/C11H12N4OS/c12-9(16)8-10(13)17-11(15-8)14-6-7-4-2-1-3-5-7/h1-5H,6,13H2,(H2,12,16)(H,14,15). The number of nitrogens with two attached hydrogens (primary N) is 2. The molecule has 1 aromatic heterocycles. The second-order valence-electron chi connectivity index (χ2n) is 3.44. The molecular weight excluding hydrogens is 236 g/mol. The molecule has 0 unspecified atom stereocenters. The predicted octanol–water partition coefficient (Wildman–Crippen LogP) is 1.44. The van der Waals surface area contributed by atoms with Crippen molar-refractivity contribution in [3.8, 4) is 0 Å². The van der Waals surface area contributed by atoms with Gasteiger partial charge in [-0.3, -0.25) is 4.79 Å². The average Bonchev–Trinajstić information content (AvgIpc) is 2.69. The molecule has 0 saturated heterocycles. The first kappa shape index (κ1) is 11.4. The third-order valence-electron chi connectivity index (χ3n) is 2.17. The van der Waals surface area contributed by atoms with E-state index in [0.29, 0.717) is 16.7 Å². The lowest BCUT2D eigenvalue weighted by Gasteiger charge is -2.01. The van der Waals surface area contributed by atoms with Crippen LogP contribution in [0.1, 0.15) is 16.1 Å². The number of nitrogens with one attached hydrogen (secondary N) is 1. The van der Waals surface area contributed by atoms with Gasteiger partial charge in [0.25, 0.3) is 5.91 Å². The Morgan fingerprint density at radius 2 is 2.06 bits per heavy atom. The van der Waals surface area contributed by atoms with E-state index < -0.39 is 5.91 Å². The average molecular weight is 248 g/mol. The highest BCUT2D eigenvalue weighted by atomic mass is 32.1. The minimum absolute atomic E-state index is 0.130. The van der Waals surface area contributed by atoms with E-state index in [2.05, 4.69) is 10.3 Å². The number of rotatable bonds is 4. The number of carbonyl (C=O) groups is 1. The molecule has 0 aliphatic heterocycles. The molecular formula is C11H12N4OS. The largest absolute Gasteiger partial charge is 0.389 e. The summed E-state index contributed by atoms with van der Waals surface area (Å²) in [6, 6.07) is 9.87. The van der Waals surface area contributed by atoms with Crippen molar-refractivity contribution in [1.82, 2.24) is 4.98 Å². The molecule has 0 aliphatic rings. The summed E-state index contributed by atoms with van der Waals surface area (Å²) in [5.41, 5.74) is 12.0. The van der Waals surface area contributed by atoms with Crippen molar-refractivity contribution in [3.05, 3.63) is 41.6 Å². The number of amides is 1. The first-order chi connectivity index (χ1) is 8.16. The maximum atomic E-state index is 11.0. The summed E-state index contributed by atoms with van der Waals surface area (Å²) in [5.74, 6) is -0.605. The number of anilines is 2. The maximum Gasteiger partial charge on any atom is 0.270 e. The Morgan fingerprint density at radius 1 is 1.35 bits per heavy atom. The fourth-order valence-corrected chi connectivity index (χ4v) is 2.09. The number of hydrogen-bond donors (Lipinski definition) is 3. The van der Waals surface area contributed by atoms with E-state index >= 15 is 0 Å². The smallest absolute Gasteiger partial charge is 0.270 e. The van der Waals surface area contributed by atoms with Crippen molar-refractivity contribution in [2.24, 2.45) is 5.73 Å². The van der Waals surface area contributed by atoms with E-state index in [9.17, 15) is 4.79 Å². The van der Waals surface area contributed by atoms with Gasteiger partial charge in [0.15, 0.2) is 10.8 Å². The number of hydrogen-bond acceptors (Lipinski definition) is 5. The van der Waals surface area contributed by atoms with Crippen LogP contribution in [-0.4, -0.2) is 10.9 Å². The molecule has 88 valence electrons. The van der Waals surface area contributed by atoms with Gasteiger partial charge in [-0.1, -0.05) is 41.7 Å². The molecule has 0 bridgehead atoms. The van der Waals surface area contributed by atoms with Gasteiger partial charge in [0.05, 0.1) is 0 Å². The molecule has 1 aromatic carbocycles. The van der Waals surface area contributed by atoms with Crippen LogP contribution in [0.2, 0.25) is 0 Å². The summed E-state index contributed by atoms with van der Waals surface area (Å²) >= 11 is 1.22. The van der Waals surface area contributed by atoms with Gasteiger partial charge in [-0.2, -0.15) is 0 Å². The van der Waals surface area contributed by atoms with Gasteiger partial charge in [-0.15, -0.1) is 0 Å². The fourth-order valence-electron chi connectivity index (χ4n) is 1.36. The number of nitrogens with zero attached hydrogens (tertiary/aromatic N) is 1. The molecule has 5 N–H and O–H groups in total. The Kier molecular flexibility index (Phi) is 3.24. The lowest BCUT2D eigenvalue weighted by molar-refractivity contribution is 0.0997. The molecule has 0 fully saturated rings. The third-order valence-corrected chi connectivity index (χ3v) is 3.02. The summed E-state index contributed by atoms with van der Waals surface area (Å²) in [4.78, 5) is 15.0. The van der Waals surface area contributed by atoms with E-state index in [1.165, 1.54) is 11.3 Å². The van der Waals surface area contributed by atoms with E-state index in [1.54, 1.807) is 0 Å². The van der Waals surface area contributed by atoms with Crippen LogP contribution >= 0.6 is 11.3 Å². The summed E-state index contributed by atoms with van der Waals surface area (Å²) in [6.45, 7) is 0.631. The molecule has 0 spiro atoms. The fraction of sp³-hybridized carbons (Fsp3) is 0.0909. The summed E-state index contributed by atoms with van der Waals surface area (Å²) in [5, 5.41) is 4.03. The Bertz CT molecular complexity index is 524. The molecule has 0 radical (unpaired) electrons. The van der Waals surface area contributed by atoms with Crippen molar-refractivity contribution in [2.45, 2.75) is 6.54 Å². The van der Waals surface area contributed by atoms with Crippen molar-refractivity contribution < 1.29 is 4.79 Å². The molecule has 1 heterocycles. The van der Waals surface area contributed by atoms with Gasteiger partial charge in [-0.05, 0) is 5.56 Å². The van der Waals surface area contributed by atoms with E-state index in [1.807, 2.05) is 30.3 Å². The monoisotopic (exact) mass is 248 g/mol. The van der Waals surface area contributed by atoms with Gasteiger partial charge < -0.3 is 16.8 Å². The minimum Gasteiger partial charge on any atom is -0.389 e. The second-order valence-corrected chi connectivity index (χ2v) is 4.47. The van der Waals surface area contributed by atoms with Crippen LogP contribution in [0.5, 0.6) is 0 Å². The molecule has 0 aliphatic carbocycles. The Hall–Kier alpha value is -2.08. The van der Waals surface area contributed by atoms with Gasteiger partial charge in [-0.25, -0.2) is 4.98 Å². The molecule has 2 aromatic rings. The van der Waals surface area contributed by atoms with E-state index in [-0.39, 0.29) is 5.69 Å². The van der Waals surface area contributed by atoms with Crippen molar-refractivity contribution >= 4 is 27.4 Å². The van der Waals surface area contributed by atoms with Crippen LogP contribution in [0, 0.1) is 0 Å². The van der Waals surface area contributed by atoms with Crippen molar-refractivity contribution in [1.29, 1.82) is 0 Å². The number of aromatic nitrogens is 1. The van der Waals surface area contributed by atoms with Gasteiger partial charge >= 0.3 is 0 Å². The normalized spacial score (nSPS) is 10.1. The first-order valence-electron chi connectivity index (χ1n) is 5.00. The van der Waals surface area contributed by atoms with Crippen LogP contribution in [0.3, 0.4) is 0 Å². The highest BCUT2D eigenvalue weighted by Crippen LogP contribution is 2.25. The number of nitrogen functional groups attached to an aromatic ring is 1. The molecule has 1 amide bonds. The minimum atomic E-state index is -0.605. The zero-order valence-corrected chi connectivity index (χ0v) is 9.83. The van der Waals surface area contributed by atoms with Crippen LogP contribution in [0.4, 0.5) is 10.1 Å². The molecule has 0 atom stereocenters. The lowest BCUT2D eigenvalue weighted by atomic mass is 10.2. The number of primary amides is 1. The van der Waals surface area contributed by atoms with Crippen molar-refractivity contribution in [2.75, 3.05) is 11.1 Å². The predicted molar refractivity (Wildman–Crippen MR) is 68.8 cm³/mol. The highest BCUT2D eigenvalue weighted by molar-refractivity contribution is 7.19. The zero-order chi connectivity index (χ0) is 12.3. The third kappa shape index (κ3) is 2.73. The van der Waals surface area contributed by atoms with Gasteiger partial charge in [0.1, 0.15) is 5.00 Å². The SMILES string of the molecule is NC(=O)c1nc(NCc2ccccc2)sc1N. The molecule has 17 heavy (non-hydrogen) atoms. The number of thiazole rings is 1. The molecule has 2 rings (SSSR count). The Labute approximate surface area is 102 Å². The van der Waals surface area contributed by atoms with Crippen molar-refractivity contribution in [3.63, 3.8) is 0 Å². The summed E-state index contributed by atoms with van der Waals surface area (Å²) in [6.07, 6.45) is 0. The van der Waals surface area contributed by atoms with Crippen LogP contribution in [0.25, 0.3) is 0 Å². The molecule has 0 saturated carbocycles. The lowest BCUT2D eigenvalue weighted by Crippen LogP contribution is -2.13. The molecule has 5 nitrogen and oxygen atoms in total. The van der Waals surface area contributed by atoms with Crippen LogP contribution in [-0.2, 0) is 6.54 Å². The summed E-state index contributed by atoms with van der Waals surface area (Å²) < 4.78 is 0. The van der Waals surface area contributed by atoms with Crippen LogP contribution < -0.4 is 16.8 Å². The maximum absolute atomic E-state index is 11.0. The highest BCUT2D eigenvalue weighted by Gasteiger charge is 2.12. The molecule has 6 heteroatoms. The zero-order valence-electron chi connectivity index (χ0n) is 9.01. The Morgan fingerprint density at radius 3 is 2.65 bits per heavy atom. The Balaban J connectivity index is 2.05. The first-order valence-corrected chi connectivity index (χ1v) is 5.82. The quantitative estimate of drug-likeness (QED) is 0.763. The van der Waals surface area contributed by atoms with Gasteiger partial charge in [0, 0.05) is 6.54 Å². The second kappa shape index (κ2) is 4.84. The topological polar surface area (TPSA) is 94.0 Å². The van der Waals surface area contributed by atoms with E-state index in [0.717, 1.165) is 5.56 Å². The summed E-state index contributed by atoms with van der Waals surface area (Å²) in [7, 11) is 0. The number of benzene rings is 1. The van der Waals surface area contributed by atoms with E-state index in [4.69, 9.17) is 11.5 Å². The van der Waals surface area contributed by atoms with Crippen LogP contribution in [0.15, 0.2) is 30.3 Å².